The number of carbonyl (C=O) groups is 1. The summed E-state index contributed by atoms with van der Waals surface area (Å²) in [7, 11) is 3.24. The summed E-state index contributed by atoms with van der Waals surface area (Å²) in [6.07, 6.45) is 0. The summed E-state index contributed by atoms with van der Waals surface area (Å²) in [6, 6.07) is 17.5. The van der Waals surface area contributed by atoms with Crippen molar-refractivity contribution in [2.24, 2.45) is 0 Å². The van der Waals surface area contributed by atoms with Gasteiger partial charge in [0.15, 0.2) is 5.78 Å². The first-order valence-corrected chi connectivity index (χ1v) is 9.37. The van der Waals surface area contributed by atoms with Gasteiger partial charge in [-0.25, -0.2) is 4.68 Å². The van der Waals surface area contributed by atoms with Gasteiger partial charge >= 0.3 is 0 Å². The normalized spacial score (nSPS) is 11.3. The Bertz CT molecular complexity index is 971. The third-order valence-corrected chi connectivity index (χ3v) is 4.84. The average Bonchev–Trinajstić information content (AvgIpc) is 3.17. The van der Waals surface area contributed by atoms with E-state index in [2.05, 4.69) is 0 Å². The van der Waals surface area contributed by atoms with Crippen LogP contribution in [0, 0.1) is 0 Å². The highest BCUT2D eigenvalue weighted by molar-refractivity contribution is 5.83. The molecule has 2 aromatic carbocycles. The van der Waals surface area contributed by atoms with Crippen molar-refractivity contribution >= 4 is 5.78 Å². The highest BCUT2D eigenvalue weighted by Gasteiger charge is 2.25. The predicted octanol–water partition coefficient (Wildman–Crippen LogP) is 4.44. The number of ether oxygens (including phenoxy) is 3. The molecule has 0 aliphatic carbocycles. The first-order chi connectivity index (χ1) is 13.8. The second kappa shape index (κ2) is 8.49. The minimum Gasteiger partial charge on any atom is -0.497 e. The molecule has 1 heterocycles. The molecular formula is C23H26N2O4. The summed E-state index contributed by atoms with van der Waals surface area (Å²) in [6.45, 7) is 5.27. The molecule has 0 atom stereocenters. The lowest BCUT2D eigenvalue weighted by Crippen LogP contribution is -2.32. The Morgan fingerprint density at radius 1 is 1.00 bits per heavy atom. The van der Waals surface area contributed by atoms with E-state index in [1.807, 2.05) is 59.3 Å². The van der Waals surface area contributed by atoms with Crippen LogP contribution in [0.4, 0.5) is 0 Å². The molecule has 1 aromatic heterocycles. The van der Waals surface area contributed by atoms with E-state index in [9.17, 15) is 4.79 Å². The molecule has 0 amide bonds. The Kier molecular flexibility index (Phi) is 6.03. The van der Waals surface area contributed by atoms with Crippen LogP contribution in [-0.2, 0) is 16.1 Å². The van der Waals surface area contributed by atoms with E-state index in [1.54, 1.807) is 28.1 Å². The SMILES string of the molecule is COc1cc(OC)cc(-c2cc(COC(C)(C)C(C)=O)nn2-c2ccccc2)c1. The molecule has 0 radical (unpaired) electrons. The Labute approximate surface area is 171 Å². The van der Waals surface area contributed by atoms with Gasteiger partial charge in [0.1, 0.15) is 17.1 Å². The van der Waals surface area contributed by atoms with Gasteiger partial charge in [0.2, 0.25) is 0 Å². The van der Waals surface area contributed by atoms with Crippen LogP contribution < -0.4 is 9.47 Å². The van der Waals surface area contributed by atoms with Crippen LogP contribution in [0.25, 0.3) is 16.9 Å². The lowest BCUT2D eigenvalue weighted by Gasteiger charge is -2.21. The van der Waals surface area contributed by atoms with Crippen LogP contribution in [-0.4, -0.2) is 35.4 Å². The molecule has 0 aliphatic heterocycles. The lowest BCUT2D eigenvalue weighted by atomic mass is 10.1. The highest BCUT2D eigenvalue weighted by Crippen LogP contribution is 2.32. The van der Waals surface area contributed by atoms with Gasteiger partial charge in [-0.1, -0.05) is 18.2 Å². The van der Waals surface area contributed by atoms with E-state index in [0.29, 0.717) is 11.5 Å². The van der Waals surface area contributed by atoms with Crippen LogP contribution >= 0.6 is 0 Å². The lowest BCUT2D eigenvalue weighted by molar-refractivity contribution is -0.139. The summed E-state index contributed by atoms with van der Waals surface area (Å²) < 4.78 is 18.5. The van der Waals surface area contributed by atoms with Gasteiger partial charge < -0.3 is 14.2 Å². The molecule has 6 heteroatoms. The molecule has 0 spiro atoms. The maximum Gasteiger partial charge on any atom is 0.161 e. The number of aromatic nitrogens is 2. The number of hydrogen-bond acceptors (Lipinski definition) is 5. The zero-order valence-electron chi connectivity index (χ0n) is 17.4. The van der Waals surface area contributed by atoms with E-state index < -0.39 is 5.60 Å². The van der Waals surface area contributed by atoms with Gasteiger partial charge in [0, 0.05) is 11.6 Å². The van der Waals surface area contributed by atoms with E-state index in [1.165, 1.54) is 6.92 Å². The number of hydrogen-bond donors (Lipinski definition) is 0. The number of benzene rings is 2. The fourth-order valence-electron chi connectivity index (χ4n) is 2.78. The average molecular weight is 394 g/mol. The molecule has 0 N–H and O–H groups in total. The minimum atomic E-state index is -0.865. The molecular weight excluding hydrogens is 368 g/mol. The number of ketones is 1. The molecule has 0 unspecified atom stereocenters. The fourth-order valence-corrected chi connectivity index (χ4v) is 2.78. The zero-order chi connectivity index (χ0) is 21.0. The van der Waals surface area contributed by atoms with Crippen LogP contribution in [0.15, 0.2) is 54.6 Å². The molecule has 6 nitrogen and oxygen atoms in total. The monoisotopic (exact) mass is 394 g/mol. The van der Waals surface area contributed by atoms with E-state index in [0.717, 1.165) is 22.6 Å². The van der Waals surface area contributed by atoms with Crippen molar-refractivity contribution in [2.45, 2.75) is 33.0 Å². The van der Waals surface area contributed by atoms with Crippen molar-refractivity contribution in [3.63, 3.8) is 0 Å². The largest absolute Gasteiger partial charge is 0.497 e. The number of methoxy groups -OCH3 is 2. The second-order valence-electron chi connectivity index (χ2n) is 7.22. The van der Waals surface area contributed by atoms with Crippen molar-refractivity contribution < 1.29 is 19.0 Å². The van der Waals surface area contributed by atoms with Gasteiger partial charge in [-0.05, 0) is 51.1 Å². The number of para-hydroxylation sites is 1. The van der Waals surface area contributed by atoms with Gasteiger partial charge in [0.25, 0.3) is 0 Å². The summed E-state index contributed by atoms with van der Waals surface area (Å²) in [5, 5.41) is 4.73. The Morgan fingerprint density at radius 3 is 2.17 bits per heavy atom. The van der Waals surface area contributed by atoms with Gasteiger partial charge in [-0.2, -0.15) is 5.10 Å². The summed E-state index contributed by atoms with van der Waals surface area (Å²) in [5.74, 6) is 1.35. The maximum absolute atomic E-state index is 11.8. The number of rotatable bonds is 8. The van der Waals surface area contributed by atoms with Crippen LogP contribution in [0.3, 0.4) is 0 Å². The Morgan fingerprint density at radius 2 is 1.62 bits per heavy atom. The molecule has 0 aliphatic rings. The quantitative estimate of drug-likeness (QED) is 0.565. The summed E-state index contributed by atoms with van der Waals surface area (Å²) >= 11 is 0. The van der Waals surface area contributed by atoms with Crippen molar-refractivity contribution in [3.8, 4) is 28.4 Å². The first kappa shape index (κ1) is 20.6. The Hall–Kier alpha value is -3.12. The predicted molar refractivity (Wildman–Crippen MR) is 112 cm³/mol. The smallest absolute Gasteiger partial charge is 0.161 e. The second-order valence-corrected chi connectivity index (χ2v) is 7.22. The van der Waals surface area contributed by atoms with Crippen molar-refractivity contribution in [1.82, 2.24) is 9.78 Å². The number of nitrogens with zero attached hydrogens (tertiary/aromatic N) is 2. The maximum atomic E-state index is 11.8. The van der Waals surface area contributed by atoms with Gasteiger partial charge in [0.05, 0.1) is 37.9 Å². The fraction of sp³-hybridized carbons (Fsp3) is 0.304. The molecule has 0 bridgehead atoms. The molecule has 3 rings (SSSR count). The topological polar surface area (TPSA) is 62.6 Å². The van der Waals surface area contributed by atoms with Crippen molar-refractivity contribution in [3.05, 3.63) is 60.3 Å². The van der Waals surface area contributed by atoms with E-state index in [4.69, 9.17) is 19.3 Å². The highest BCUT2D eigenvalue weighted by atomic mass is 16.5. The van der Waals surface area contributed by atoms with Crippen molar-refractivity contribution in [1.29, 1.82) is 0 Å². The van der Waals surface area contributed by atoms with E-state index in [-0.39, 0.29) is 12.4 Å². The summed E-state index contributed by atoms with van der Waals surface area (Å²) in [4.78, 5) is 11.8. The molecule has 3 aromatic rings. The Balaban J connectivity index is 2.06. The third kappa shape index (κ3) is 4.66. The van der Waals surface area contributed by atoms with Crippen LogP contribution in [0.2, 0.25) is 0 Å². The molecule has 152 valence electrons. The van der Waals surface area contributed by atoms with Gasteiger partial charge in [-0.15, -0.1) is 0 Å². The minimum absolute atomic E-state index is 0.0299. The van der Waals surface area contributed by atoms with Gasteiger partial charge in [-0.3, -0.25) is 4.79 Å². The molecule has 0 saturated heterocycles. The molecule has 0 saturated carbocycles. The van der Waals surface area contributed by atoms with E-state index >= 15 is 0 Å². The van der Waals surface area contributed by atoms with Crippen LogP contribution in [0.1, 0.15) is 26.5 Å². The summed E-state index contributed by atoms with van der Waals surface area (Å²) in [5.41, 5.74) is 2.54. The van der Waals surface area contributed by atoms with Crippen molar-refractivity contribution in [2.75, 3.05) is 14.2 Å². The van der Waals surface area contributed by atoms with Crippen LogP contribution in [0.5, 0.6) is 11.5 Å². The third-order valence-electron chi connectivity index (χ3n) is 4.84. The number of carbonyl (C=O) groups excluding carboxylic acids is 1. The standard InChI is InChI=1S/C23H26N2O4/c1-16(26)23(2,3)29-15-18-13-22(25(24-18)19-9-7-6-8-10-19)17-11-20(27-4)14-21(12-17)28-5/h6-14H,15H2,1-5H3. The zero-order valence-corrected chi connectivity index (χ0v) is 17.4. The first-order valence-electron chi connectivity index (χ1n) is 9.37. The molecule has 29 heavy (non-hydrogen) atoms. The number of Topliss-reactive ketones (excluding diaryl/α,β-unsaturated/α-hetero) is 1. The molecule has 0 fully saturated rings.